The van der Waals surface area contributed by atoms with E-state index in [2.05, 4.69) is 24.1 Å². The third-order valence-corrected chi connectivity index (χ3v) is 2.68. The standard InChI is InChI=1S/C16H32N2O3/c1-12(2)10-13(11-18(6)7)17-14(19)8-9-15(20)21-16(3,4)5/h12-13H,8-11H2,1-7H3,(H,17,19). The van der Waals surface area contributed by atoms with Crippen molar-refractivity contribution in [3.8, 4) is 0 Å². The lowest BCUT2D eigenvalue weighted by molar-refractivity contribution is -0.155. The molecular formula is C16H32N2O3. The van der Waals surface area contributed by atoms with Crippen LogP contribution in [-0.2, 0) is 14.3 Å². The SMILES string of the molecule is CC(C)CC(CN(C)C)NC(=O)CCC(=O)OC(C)(C)C. The lowest BCUT2D eigenvalue weighted by Gasteiger charge is -2.24. The highest BCUT2D eigenvalue weighted by molar-refractivity contribution is 5.81. The Morgan fingerprint density at radius 2 is 1.71 bits per heavy atom. The molecule has 0 aromatic heterocycles. The third-order valence-electron chi connectivity index (χ3n) is 2.68. The van der Waals surface area contributed by atoms with Crippen LogP contribution in [0.1, 0.15) is 53.9 Å². The van der Waals surface area contributed by atoms with Crippen LogP contribution in [0.2, 0.25) is 0 Å². The molecule has 1 unspecified atom stereocenters. The molecule has 0 aliphatic carbocycles. The number of carbonyl (C=O) groups is 2. The summed E-state index contributed by atoms with van der Waals surface area (Å²) in [4.78, 5) is 25.6. The van der Waals surface area contributed by atoms with E-state index >= 15 is 0 Å². The van der Waals surface area contributed by atoms with E-state index in [9.17, 15) is 9.59 Å². The zero-order chi connectivity index (χ0) is 16.6. The van der Waals surface area contributed by atoms with Crippen molar-refractivity contribution < 1.29 is 14.3 Å². The van der Waals surface area contributed by atoms with E-state index in [1.54, 1.807) is 0 Å². The second kappa shape index (κ2) is 9.03. The van der Waals surface area contributed by atoms with E-state index in [4.69, 9.17) is 4.74 Å². The van der Waals surface area contributed by atoms with E-state index in [0.29, 0.717) is 5.92 Å². The second-order valence-electron chi connectivity index (χ2n) is 7.24. The summed E-state index contributed by atoms with van der Waals surface area (Å²) in [6.07, 6.45) is 1.23. The van der Waals surface area contributed by atoms with Gasteiger partial charge in [-0.25, -0.2) is 0 Å². The van der Waals surface area contributed by atoms with Gasteiger partial charge < -0.3 is 15.0 Å². The zero-order valence-electron chi connectivity index (χ0n) is 14.7. The summed E-state index contributed by atoms with van der Waals surface area (Å²) in [5.74, 6) is 0.0973. The molecule has 0 bridgehead atoms. The summed E-state index contributed by atoms with van der Waals surface area (Å²) < 4.78 is 5.20. The summed E-state index contributed by atoms with van der Waals surface area (Å²) in [5.41, 5.74) is -0.501. The van der Waals surface area contributed by atoms with Gasteiger partial charge in [0.15, 0.2) is 0 Å². The maximum absolute atomic E-state index is 11.9. The average Bonchev–Trinajstić information content (AvgIpc) is 2.21. The van der Waals surface area contributed by atoms with E-state index in [-0.39, 0.29) is 30.8 Å². The molecule has 0 rings (SSSR count). The number of hydrogen-bond acceptors (Lipinski definition) is 4. The highest BCUT2D eigenvalue weighted by Crippen LogP contribution is 2.10. The molecule has 0 aliphatic heterocycles. The summed E-state index contributed by atoms with van der Waals surface area (Å²) in [6.45, 7) is 10.5. The fraction of sp³-hybridized carbons (Fsp3) is 0.875. The van der Waals surface area contributed by atoms with Crippen LogP contribution in [0, 0.1) is 5.92 Å². The molecule has 0 aromatic rings. The molecule has 5 heteroatoms. The van der Waals surface area contributed by atoms with Crippen molar-refractivity contribution in [1.29, 1.82) is 0 Å². The van der Waals surface area contributed by atoms with Gasteiger partial charge in [0.1, 0.15) is 5.60 Å². The number of nitrogens with zero attached hydrogens (tertiary/aromatic N) is 1. The molecule has 21 heavy (non-hydrogen) atoms. The van der Waals surface area contributed by atoms with Gasteiger partial charge in [-0.2, -0.15) is 0 Å². The minimum absolute atomic E-state index is 0.0895. The summed E-state index contributed by atoms with van der Waals surface area (Å²) in [5, 5.41) is 3.01. The molecule has 0 aromatic carbocycles. The smallest absolute Gasteiger partial charge is 0.306 e. The number of nitrogens with one attached hydrogen (secondary N) is 1. The van der Waals surface area contributed by atoms with Gasteiger partial charge in [0, 0.05) is 19.0 Å². The molecule has 5 nitrogen and oxygen atoms in total. The molecule has 0 radical (unpaired) electrons. The average molecular weight is 300 g/mol. The van der Waals surface area contributed by atoms with Crippen LogP contribution < -0.4 is 5.32 Å². The fourth-order valence-corrected chi connectivity index (χ4v) is 2.10. The molecular weight excluding hydrogens is 268 g/mol. The fourth-order valence-electron chi connectivity index (χ4n) is 2.10. The van der Waals surface area contributed by atoms with Gasteiger partial charge in [0.25, 0.3) is 0 Å². The number of carbonyl (C=O) groups excluding carboxylic acids is 2. The van der Waals surface area contributed by atoms with Crippen LogP contribution in [0.4, 0.5) is 0 Å². The number of amides is 1. The Morgan fingerprint density at radius 1 is 1.14 bits per heavy atom. The van der Waals surface area contributed by atoms with Crippen molar-refractivity contribution in [1.82, 2.24) is 10.2 Å². The Hall–Kier alpha value is -1.10. The molecule has 0 heterocycles. The van der Waals surface area contributed by atoms with Crippen LogP contribution in [0.3, 0.4) is 0 Å². The van der Waals surface area contributed by atoms with Crippen molar-refractivity contribution >= 4 is 11.9 Å². The topological polar surface area (TPSA) is 58.6 Å². The maximum atomic E-state index is 11.9. The van der Waals surface area contributed by atoms with E-state index < -0.39 is 5.60 Å². The molecule has 0 saturated carbocycles. The van der Waals surface area contributed by atoms with Gasteiger partial charge in [0.05, 0.1) is 6.42 Å². The Labute approximate surface area is 129 Å². The van der Waals surface area contributed by atoms with Gasteiger partial charge in [-0.15, -0.1) is 0 Å². The van der Waals surface area contributed by atoms with E-state index in [0.717, 1.165) is 13.0 Å². The first-order valence-corrected chi connectivity index (χ1v) is 7.65. The Bertz CT molecular complexity index is 323. The molecule has 1 atom stereocenters. The number of ether oxygens (including phenoxy) is 1. The predicted octanol–water partition coefficient (Wildman–Crippen LogP) is 2.20. The van der Waals surface area contributed by atoms with Crippen LogP contribution in [0.25, 0.3) is 0 Å². The first-order valence-electron chi connectivity index (χ1n) is 7.65. The van der Waals surface area contributed by atoms with Crippen LogP contribution in [0.5, 0.6) is 0 Å². The van der Waals surface area contributed by atoms with E-state index in [1.165, 1.54) is 0 Å². The van der Waals surface area contributed by atoms with Gasteiger partial charge in [-0.3, -0.25) is 9.59 Å². The number of esters is 1. The normalized spacial score (nSPS) is 13.4. The van der Waals surface area contributed by atoms with Gasteiger partial charge in [-0.1, -0.05) is 13.8 Å². The van der Waals surface area contributed by atoms with Gasteiger partial charge >= 0.3 is 5.97 Å². The number of likely N-dealkylation sites (N-methyl/N-ethyl adjacent to an activating group) is 1. The Kier molecular flexibility index (Phi) is 8.55. The predicted molar refractivity (Wildman–Crippen MR) is 85.0 cm³/mol. The van der Waals surface area contributed by atoms with Crippen LogP contribution in [0.15, 0.2) is 0 Å². The maximum Gasteiger partial charge on any atom is 0.306 e. The quantitative estimate of drug-likeness (QED) is 0.698. The van der Waals surface area contributed by atoms with Crippen molar-refractivity contribution in [3.05, 3.63) is 0 Å². The minimum Gasteiger partial charge on any atom is -0.460 e. The van der Waals surface area contributed by atoms with Crippen LogP contribution >= 0.6 is 0 Å². The first kappa shape index (κ1) is 19.9. The molecule has 124 valence electrons. The lowest BCUT2D eigenvalue weighted by Crippen LogP contribution is -2.42. The van der Waals surface area contributed by atoms with Crippen molar-refractivity contribution in [2.24, 2.45) is 5.92 Å². The van der Waals surface area contributed by atoms with Gasteiger partial charge in [-0.05, 0) is 47.2 Å². The van der Waals surface area contributed by atoms with Crippen molar-refractivity contribution in [3.63, 3.8) is 0 Å². The second-order valence-corrected chi connectivity index (χ2v) is 7.24. The number of rotatable bonds is 8. The monoisotopic (exact) mass is 300 g/mol. The Morgan fingerprint density at radius 3 is 2.14 bits per heavy atom. The number of hydrogen-bond donors (Lipinski definition) is 1. The molecule has 1 amide bonds. The summed E-state index contributed by atoms with van der Waals surface area (Å²) >= 11 is 0. The molecule has 0 fully saturated rings. The summed E-state index contributed by atoms with van der Waals surface area (Å²) in [6, 6.07) is 0.117. The van der Waals surface area contributed by atoms with Gasteiger partial charge in [0.2, 0.25) is 5.91 Å². The largest absolute Gasteiger partial charge is 0.460 e. The van der Waals surface area contributed by atoms with Crippen molar-refractivity contribution in [2.45, 2.75) is 65.5 Å². The third kappa shape index (κ3) is 12.4. The molecule has 0 saturated heterocycles. The highest BCUT2D eigenvalue weighted by Gasteiger charge is 2.19. The molecule has 1 N–H and O–H groups in total. The zero-order valence-corrected chi connectivity index (χ0v) is 14.7. The van der Waals surface area contributed by atoms with Crippen molar-refractivity contribution in [2.75, 3.05) is 20.6 Å². The van der Waals surface area contributed by atoms with Crippen LogP contribution in [-0.4, -0.2) is 49.1 Å². The molecule has 0 spiro atoms. The summed E-state index contributed by atoms with van der Waals surface area (Å²) in [7, 11) is 3.97. The molecule has 0 aliphatic rings. The van der Waals surface area contributed by atoms with E-state index in [1.807, 2.05) is 34.9 Å². The highest BCUT2D eigenvalue weighted by atomic mass is 16.6. The minimum atomic E-state index is -0.501. The Balaban J connectivity index is 4.22. The lowest BCUT2D eigenvalue weighted by atomic mass is 10.0. The first-order chi connectivity index (χ1) is 9.49.